The Kier molecular flexibility index (Phi) is 3.43. The molecule has 20 heavy (non-hydrogen) atoms. The summed E-state index contributed by atoms with van der Waals surface area (Å²) in [5, 5.41) is 6.35. The van der Waals surface area contributed by atoms with Crippen molar-refractivity contribution < 1.29 is 9.21 Å². The number of carbonyl (C=O) groups excluding carboxylic acids is 1. The van der Waals surface area contributed by atoms with Crippen LogP contribution in [0.3, 0.4) is 0 Å². The average Bonchev–Trinajstić information content (AvgIpc) is 2.83. The molecule has 100 valence electrons. The highest BCUT2D eigenvalue weighted by Gasteiger charge is 2.07. The second-order valence-corrected chi connectivity index (χ2v) is 5.15. The molecule has 1 aromatic heterocycles. The molecule has 3 aromatic rings. The standard InChI is InChI=1S/C15H11BrN2O2/c16-11-5-7-12(8-6-11)17-15(19)18-14-9-10-3-1-2-4-13(10)20-14/h1-9H,(H2,17,18,19). The molecule has 0 spiro atoms. The average molecular weight is 331 g/mol. The Bertz CT molecular complexity index is 717. The number of carbonyl (C=O) groups is 1. The molecule has 5 heteroatoms. The molecular weight excluding hydrogens is 320 g/mol. The molecule has 2 aromatic carbocycles. The first-order chi connectivity index (χ1) is 9.70. The molecule has 0 saturated heterocycles. The van der Waals surface area contributed by atoms with Crippen LogP contribution >= 0.6 is 15.9 Å². The summed E-state index contributed by atoms with van der Waals surface area (Å²) < 4.78 is 6.48. The van der Waals surface area contributed by atoms with E-state index in [9.17, 15) is 4.79 Å². The van der Waals surface area contributed by atoms with Crippen molar-refractivity contribution in [1.29, 1.82) is 0 Å². The summed E-state index contributed by atoms with van der Waals surface area (Å²) in [7, 11) is 0. The number of rotatable bonds is 2. The van der Waals surface area contributed by atoms with Gasteiger partial charge in [0.25, 0.3) is 0 Å². The van der Waals surface area contributed by atoms with E-state index in [-0.39, 0.29) is 6.03 Å². The second kappa shape index (κ2) is 5.38. The quantitative estimate of drug-likeness (QED) is 0.706. The topological polar surface area (TPSA) is 54.3 Å². The monoisotopic (exact) mass is 330 g/mol. The fraction of sp³-hybridized carbons (Fsp3) is 0. The summed E-state index contributed by atoms with van der Waals surface area (Å²) in [5.41, 5.74) is 1.45. The molecule has 0 aliphatic carbocycles. The number of fused-ring (bicyclic) bond motifs is 1. The first-order valence-electron chi connectivity index (χ1n) is 6.03. The van der Waals surface area contributed by atoms with Gasteiger partial charge in [0, 0.05) is 21.6 Å². The van der Waals surface area contributed by atoms with Crippen LogP contribution in [-0.4, -0.2) is 6.03 Å². The highest BCUT2D eigenvalue weighted by molar-refractivity contribution is 9.10. The maximum absolute atomic E-state index is 11.8. The molecule has 3 rings (SSSR count). The minimum Gasteiger partial charge on any atom is -0.440 e. The highest BCUT2D eigenvalue weighted by atomic mass is 79.9. The summed E-state index contributed by atoms with van der Waals surface area (Å²) in [6.45, 7) is 0. The van der Waals surface area contributed by atoms with Crippen molar-refractivity contribution in [3.8, 4) is 0 Å². The Balaban J connectivity index is 1.70. The van der Waals surface area contributed by atoms with Gasteiger partial charge < -0.3 is 9.73 Å². The molecule has 2 amide bonds. The molecular formula is C15H11BrN2O2. The fourth-order valence-electron chi connectivity index (χ4n) is 1.85. The zero-order chi connectivity index (χ0) is 13.9. The van der Waals surface area contributed by atoms with E-state index in [1.807, 2.05) is 48.5 Å². The van der Waals surface area contributed by atoms with Crippen molar-refractivity contribution in [3.63, 3.8) is 0 Å². The maximum atomic E-state index is 11.8. The maximum Gasteiger partial charge on any atom is 0.326 e. The van der Waals surface area contributed by atoms with Crippen LogP contribution < -0.4 is 10.6 Å². The van der Waals surface area contributed by atoms with Crippen molar-refractivity contribution in [2.24, 2.45) is 0 Å². The van der Waals surface area contributed by atoms with Gasteiger partial charge in [0.1, 0.15) is 5.58 Å². The Morgan fingerprint density at radius 3 is 2.50 bits per heavy atom. The number of benzene rings is 2. The Hall–Kier alpha value is -2.27. The van der Waals surface area contributed by atoms with Crippen LogP contribution in [0.2, 0.25) is 0 Å². The number of urea groups is 1. The normalized spacial score (nSPS) is 10.4. The first-order valence-corrected chi connectivity index (χ1v) is 6.82. The lowest BCUT2D eigenvalue weighted by Gasteiger charge is -2.05. The third-order valence-electron chi connectivity index (χ3n) is 2.76. The van der Waals surface area contributed by atoms with E-state index in [4.69, 9.17) is 4.42 Å². The molecule has 2 N–H and O–H groups in total. The summed E-state index contributed by atoms with van der Waals surface area (Å²) in [5.74, 6) is 0.417. The van der Waals surface area contributed by atoms with E-state index in [0.29, 0.717) is 11.6 Å². The fourth-order valence-corrected chi connectivity index (χ4v) is 2.12. The third kappa shape index (κ3) is 2.83. The van der Waals surface area contributed by atoms with Gasteiger partial charge in [-0.25, -0.2) is 4.79 Å². The van der Waals surface area contributed by atoms with Crippen LogP contribution in [0.4, 0.5) is 16.4 Å². The van der Waals surface area contributed by atoms with Gasteiger partial charge >= 0.3 is 6.03 Å². The molecule has 1 heterocycles. The Labute approximate surface area is 123 Å². The molecule has 0 saturated carbocycles. The van der Waals surface area contributed by atoms with Gasteiger partial charge in [-0.2, -0.15) is 0 Å². The van der Waals surface area contributed by atoms with Crippen LogP contribution in [0.5, 0.6) is 0 Å². The number of furan rings is 1. The first kappa shape index (κ1) is 12.7. The molecule has 0 bridgehead atoms. The minimum atomic E-state index is -0.341. The summed E-state index contributed by atoms with van der Waals surface area (Å²) >= 11 is 3.34. The molecule has 0 radical (unpaired) electrons. The van der Waals surface area contributed by atoms with Crippen molar-refractivity contribution in [1.82, 2.24) is 0 Å². The molecule has 0 unspecified atom stereocenters. The van der Waals surface area contributed by atoms with E-state index in [0.717, 1.165) is 15.4 Å². The number of nitrogens with one attached hydrogen (secondary N) is 2. The summed E-state index contributed by atoms with van der Waals surface area (Å²) in [4.78, 5) is 11.8. The van der Waals surface area contributed by atoms with Crippen LogP contribution in [0.25, 0.3) is 11.0 Å². The molecule has 0 fully saturated rings. The number of halogens is 1. The largest absolute Gasteiger partial charge is 0.440 e. The van der Waals surface area contributed by atoms with Gasteiger partial charge in [0.2, 0.25) is 5.88 Å². The zero-order valence-corrected chi connectivity index (χ0v) is 12.0. The van der Waals surface area contributed by atoms with Crippen molar-refractivity contribution >= 4 is 44.5 Å². The van der Waals surface area contributed by atoms with E-state index in [2.05, 4.69) is 26.6 Å². The third-order valence-corrected chi connectivity index (χ3v) is 3.29. The smallest absolute Gasteiger partial charge is 0.326 e. The second-order valence-electron chi connectivity index (χ2n) is 4.23. The van der Waals surface area contributed by atoms with Crippen molar-refractivity contribution in [3.05, 3.63) is 59.1 Å². The molecule has 0 aliphatic rings. The molecule has 0 atom stereocenters. The Morgan fingerprint density at radius 2 is 1.75 bits per heavy atom. The van der Waals surface area contributed by atoms with Gasteiger partial charge in [-0.15, -0.1) is 0 Å². The van der Waals surface area contributed by atoms with E-state index < -0.39 is 0 Å². The van der Waals surface area contributed by atoms with Crippen molar-refractivity contribution in [2.45, 2.75) is 0 Å². The van der Waals surface area contributed by atoms with Crippen molar-refractivity contribution in [2.75, 3.05) is 10.6 Å². The van der Waals surface area contributed by atoms with Crippen LogP contribution in [0.15, 0.2) is 63.5 Å². The summed E-state index contributed by atoms with van der Waals surface area (Å²) in [6.07, 6.45) is 0. The Morgan fingerprint density at radius 1 is 1.00 bits per heavy atom. The molecule has 0 aliphatic heterocycles. The van der Waals surface area contributed by atoms with E-state index in [1.54, 1.807) is 6.07 Å². The number of anilines is 2. The van der Waals surface area contributed by atoms with Crippen LogP contribution in [0, 0.1) is 0 Å². The predicted molar refractivity (Wildman–Crippen MR) is 83.0 cm³/mol. The van der Waals surface area contributed by atoms with Crippen LogP contribution in [-0.2, 0) is 0 Å². The number of hydrogen-bond acceptors (Lipinski definition) is 2. The number of amides is 2. The van der Waals surface area contributed by atoms with Gasteiger partial charge in [0.15, 0.2) is 0 Å². The zero-order valence-electron chi connectivity index (χ0n) is 10.4. The van der Waals surface area contributed by atoms with Gasteiger partial charge in [0.05, 0.1) is 0 Å². The SMILES string of the molecule is O=C(Nc1ccc(Br)cc1)Nc1cc2ccccc2o1. The minimum absolute atomic E-state index is 0.341. The van der Waals surface area contributed by atoms with E-state index >= 15 is 0 Å². The number of para-hydroxylation sites is 1. The lowest BCUT2D eigenvalue weighted by molar-refractivity contribution is 0.261. The molecule has 4 nitrogen and oxygen atoms in total. The predicted octanol–water partition coefficient (Wildman–Crippen LogP) is 4.84. The van der Waals surface area contributed by atoms with Gasteiger partial charge in [-0.3, -0.25) is 5.32 Å². The lowest BCUT2D eigenvalue weighted by Crippen LogP contribution is -2.18. The van der Waals surface area contributed by atoms with Gasteiger partial charge in [-0.1, -0.05) is 34.1 Å². The summed E-state index contributed by atoms with van der Waals surface area (Å²) in [6, 6.07) is 16.4. The van der Waals surface area contributed by atoms with Gasteiger partial charge in [-0.05, 0) is 30.3 Å². The number of hydrogen-bond donors (Lipinski definition) is 2. The van der Waals surface area contributed by atoms with E-state index in [1.165, 1.54) is 0 Å². The van der Waals surface area contributed by atoms with Crippen LogP contribution in [0.1, 0.15) is 0 Å². The lowest BCUT2D eigenvalue weighted by atomic mass is 10.3. The highest BCUT2D eigenvalue weighted by Crippen LogP contribution is 2.22.